The number of fused-ring (bicyclic) bond motifs is 2. The number of nitrogens with one attached hydrogen (secondary N) is 2. The molecule has 162 valence electrons. The van der Waals surface area contributed by atoms with Crippen LogP contribution in [0.2, 0.25) is 5.02 Å². The Labute approximate surface area is 189 Å². The van der Waals surface area contributed by atoms with E-state index in [0.717, 1.165) is 0 Å². The summed E-state index contributed by atoms with van der Waals surface area (Å²) in [6, 6.07) is 18.4. The van der Waals surface area contributed by atoms with Gasteiger partial charge in [0.2, 0.25) is 0 Å². The molecule has 0 radical (unpaired) electrons. The number of hydrogen-bond acceptors (Lipinski definition) is 7. The molecule has 0 aliphatic carbocycles. The summed E-state index contributed by atoms with van der Waals surface area (Å²) < 4.78 is 39.6. The van der Waals surface area contributed by atoms with Crippen LogP contribution in [-0.2, 0) is 10.0 Å². The smallest absolute Gasteiger partial charge is 0.263 e. The molecule has 1 aromatic heterocycles. The van der Waals surface area contributed by atoms with E-state index in [1.807, 2.05) is 12.1 Å². The van der Waals surface area contributed by atoms with Crippen molar-refractivity contribution >= 4 is 50.0 Å². The minimum atomic E-state index is -3.92. The van der Waals surface area contributed by atoms with Gasteiger partial charge in [0.1, 0.15) is 13.2 Å². The summed E-state index contributed by atoms with van der Waals surface area (Å²) in [5.41, 5.74) is 1.81. The molecule has 5 rings (SSSR count). The van der Waals surface area contributed by atoms with E-state index in [-0.39, 0.29) is 16.5 Å². The van der Waals surface area contributed by atoms with Gasteiger partial charge in [0, 0.05) is 16.8 Å². The van der Waals surface area contributed by atoms with Gasteiger partial charge < -0.3 is 14.8 Å². The molecular weight excluding hydrogens is 452 g/mol. The molecule has 32 heavy (non-hydrogen) atoms. The molecule has 10 heteroatoms. The van der Waals surface area contributed by atoms with Gasteiger partial charge in [-0.15, -0.1) is 0 Å². The molecule has 4 aromatic rings. The summed E-state index contributed by atoms with van der Waals surface area (Å²) in [7, 11) is -3.92. The van der Waals surface area contributed by atoms with Gasteiger partial charge in [-0.3, -0.25) is 4.72 Å². The minimum absolute atomic E-state index is 0.0575. The van der Waals surface area contributed by atoms with Crippen molar-refractivity contribution in [2.45, 2.75) is 4.90 Å². The SMILES string of the molecule is O=S(=O)(Nc1nc2ccccc2nc1Nc1ccc2c(c1)OCCO2)c1ccc(Cl)cc1. The average Bonchev–Trinajstić information content (AvgIpc) is 2.79. The van der Waals surface area contributed by atoms with E-state index in [2.05, 4.69) is 20.0 Å². The quantitative estimate of drug-likeness (QED) is 0.441. The fraction of sp³-hybridized carbons (Fsp3) is 0.0909. The number of rotatable bonds is 5. The minimum Gasteiger partial charge on any atom is -0.486 e. The van der Waals surface area contributed by atoms with Crippen LogP contribution in [0, 0.1) is 0 Å². The Bertz CT molecular complexity index is 1410. The second-order valence-corrected chi connectivity index (χ2v) is 9.07. The third kappa shape index (κ3) is 4.12. The van der Waals surface area contributed by atoms with Crippen LogP contribution >= 0.6 is 11.6 Å². The van der Waals surface area contributed by atoms with Crippen LogP contribution in [0.15, 0.2) is 71.6 Å². The van der Waals surface area contributed by atoms with Gasteiger partial charge in [-0.25, -0.2) is 18.4 Å². The number of aromatic nitrogens is 2. The Morgan fingerprint density at radius 1 is 0.812 bits per heavy atom. The highest BCUT2D eigenvalue weighted by Crippen LogP contribution is 2.35. The maximum atomic E-state index is 13.0. The van der Waals surface area contributed by atoms with Gasteiger partial charge >= 0.3 is 0 Å². The Morgan fingerprint density at radius 2 is 1.47 bits per heavy atom. The molecule has 0 saturated carbocycles. The fourth-order valence-corrected chi connectivity index (χ4v) is 4.35. The monoisotopic (exact) mass is 468 g/mol. The lowest BCUT2D eigenvalue weighted by Crippen LogP contribution is -2.16. The number of nitrogens with zero attached hydrogens (tertiary/aromatic N) is 2. The lowest BCUT2D eigenvalue weighted by Gasteiger charge is -2.19. The van der Waals surface area contributed by atoms with Crippen LogP contribution in [0.1, 0.15) is 0 Å². The van der Waals surface area contributed by atoms with Gasteiger partial charge in [0.05, 0.1) is 15.9 Å². The topological polar surface area (TPSA) is 102 Å². The second-order valence-electron chi connectivity index (χ2n) is 6.95. The van der Waals surface area contributed by atoms with Crippen molar-refractivity contribution < 1.29 is 17.9 Å². The lowest BCUT2D eigenvalue weighted by molar-refractivity contribution is 0.171. The van der Waals surface area contributed by atoms with E-state index in [9.17, 15) is 8.42 Å². The predicted molar refractivity (Wildman–Crippen MR) is 123 cm³/mol. The normalized spacial score (nSPS) is 13.0. The molecule has 0 bridgehead atoms. The molecule has 0 amide bonds. The fourth-order valence-electron chi connectivity index (χ4n) is 3.22. The molecule has 0 spiro atoms. The third-order valence-corrected chi connectivity index (χ3v) is 6.34. The third-order valence-electron chi connectivity index (χ3n) is 4.73. The van der Waals surface area contributed by atoms with Crippen LogP contribution in [0.3, 0.4) is 0 Å². The molecular formula is C22H17ClN4O4S. The Morgan fingerprint density at radius 3 is 2.19 bits per heavy atom. The Hall–Kier alpha value is -3.56. The zero-order valence-corrected chi connectivity index (χ0v) is 18.2. The number of halogens is 1. The highest BCUT2D eigenvalue weighted by molar-refractivity contribution is 7.92. The van der Waals surface area contributed by atoms with Gasteiger partial charge in [0.15, 0.2) is 23.1 Å². The van der Waals surface area contributed by atoms with Crippen LogP contribution < -0.4 is 19.5 Å². The van der Waals surface area contributed by atoms with E-state index in [1.165, 1.54) is 24.3 Å². The summed E-state index contributed by atoms with van der Waals surface area (Å²) >= 11 is 5.89. The number of para-hydroxylation sites is 2. The largest absolute Gasteiger partial charge is 0.486 e. The van der Waals surface area contributed by atoms with Crippen molar-refractivity contribution in [3.8, 4) is 11.5 Å². The van der Waals surface area contributed by atoms with Crippen molar-refractivity contribution in [1.82, 2.24) is 9.97 Å². The van der Waals surface area contributed by atoms with Crippen molar-refractivity contribution in [1.29, 1.82) is 0 Å². The summed E-state index contributed by atoms with van der Waals surface area (Å²) in [5, 5.41) is 3.58. The molecule has 0 atom stereocenters. The molecule has 0 unspecified atom stereocenters. The van der Waals surface area contributed by atoms with Gasteiger partial charge in [-0.05, 0) is 48.5 Å². The molecule has 2 N–H and O–H groups in total. The van der Waals surface area contributed by atoms with E-state index in [4.69, 9.17) is 21.1 Å². The zero-order valence-electron chi connectivity index (χ0n) is 16.6. The maximum Gasteiger partial charge on any atom is 0.263 e. The molecule has 3 aromatic carbocycles. The maximum absolute atomic E-state index is 13.0. The van der Waals surface area contributed by atoms with E-state index >= 15 is 0 Å². The first-order chi connectivity index (χ1) is 15.5. The highest BCUT2D eigenvalue weighted by Gasteiger charge is 2.20. The van der Waals surface area contributed by atoms with Crippen LogP contribution in [0.4, 0.5) is 17.3 Å². The van der Waals surface area contributed by atoms with E-state index in [0.29, 0.717) is 46.5 Å². The zero-order chi connectivity index (χ0) is 22.1. The lowest BCUT2D eigenvalue weighted by atomic mass is 10.2. The molecule has 0 saturated heterocycles. The number of sulfonamides is 1. The standard InChI is InChI=1S/C22H17ClN4O4S/c23-14-5-8-16(9-6-14)32(28,29)27-22-21(25-17-3-1-2-4-18(17)26-22)24-15-7-10-19-20(13-15)31-12-11-30-19/h1-10,13H,11-12H2,(H,24,25)(H,26,27). The molecule has 1 aliphatic rings. The first kappa shape index (κ1) is 20.3. The van der Waals surface area contributed by atoms with Crippen LogP contribution in [0.25, 0.3) is 11.0 Å². The van der Waals surface area contributed by atoms with Crippen molar-refractivity contribution in [3.05, 3.63) is 71.8 Å². The van der Waals surface area contributed by atoms with Crippen molar-refractivity contribution in [3.63, 3.8) is 0 Å². The second kappa shape index (κ2) is 8.18. The van der Waals surface area contributed by atoms with Crippen LogP contribution in [-0.4, -0.2) is 31.6 Å². The summed E-state index contributed by atoms with van der Waals surface area (Å²) in [4.78, 5) is 9.13. The van der Waals surface area contributed by atoms with Gasteiger partial charge in [0.25, 0.3) is 10.0 Å². The van der Waals surface area contributed by atoms with Crippen molar-refractivity contribution in [2.75, 3.05) is 23.3 Å². The number of ether oxygens (including phenoxy) is 2. The molecule has 2 heterocycles. The Kier molecular flexibility index (Phi) is 5.20. The number of hydrogen-bond donors (Lipinski definition) is 2. The van der Waals surface area contributed by atoms with Crippen molar-refractivity contribution in [2.24, 2.45) is 0 Å². The molecule has 1 aliphatic heterocycles. The summed E-state index contributed by atoms with van der Waals surface area (Å²) in [5.74, 6) is 1.56. The predicted octanol–water partition coefficient (Wildman–Crippen LogP) is 4.60. The van der Waals surface area contributed by atoms with Crippen LogP contribution in [0.5, 0.6) is 11.5 Å². The summed E-state index contributed by atoms with van der Waals surface area (Å²) in [6.07, 6.45) is 0. The highest BCUT2D eigenvalue weighted by atomic mass is 35.5. The summed E-state index contributed by atoms with van der Waals surface area (Å²) in [6.45, 7) is 0.949. The first-order valence-electron chi connectivity index (χ1n) is 9.70. The molecule has 0 fully saturated rings. The van der Waals surface area contributed by atoms with Gasteiger partial charge in [-0.1, -0.05) is 23.7 Å². The average molecular weight is 469 g/mol. The first-order valence-corrected chi connectivity index (χ1v) is 11.6. The van der Waals surface area contributed by atoms with Gasteiger partial charge in [-0.2, -0.15) is 0 Å². The number of benzene rings is 3. The van der Waals surface area contributed by atoms with E-state index < -0.39 is 10.0 Å². The Balaban J connectivity index is 1.54. The molecule has 8 nitrogen and oxygen atoms in total. The van der Waals surface area contributed by atoms with E-state index in [1.54, 1.807) is 30.3 Å². The number of anilines is 3.